The number of anilines is 1. The Labute approximate surface area is 230 Å². The molecule has 3 aromatic rings. The van der Waals surface area contributed by atoms with Gasteiger partial charge >= 0.3 is 0 Å². The number of halogens is 1. The van der Waals surface area contributed by atoms with E-state index in [2.05, 4.69) is 5.32 Å². The minimum Gasteiger partial charge on any atom is -0.352 e. The van der Waals surface area contributed by atoms with Crippen LogP contribution in [0.4, 0.5) is 5.69 Å². The fraction of sp³-hybridized carbons (Fsp3) is 0.310. The van der Waals surface area contributed by atoms with E-state index >= 15 is 0 Å². The van der Waals surface area contributed by atoms with E-state index in [-0.39, 0.29) is 29.1 Å². The maximum absolute atomic E-state index is 13.8. The Bertz CT molecular complexity index is 1320. The lowest BCUT2D eigenvalue weighted by molar-refractivity contribution is -0.139. The first-order valence-corrected chi connectivity index (χ1v) is 14.4. The van der Waals surface area contributed by atoms with Crippen molar-refractivity contribution in [1.82, 2.24) is 10.2 Å². The average molecular weight is 556 g/mol. The van der Waals surface area contributed by atoms with Gasteiger partial charge in [-0.3, -0.25) is 13.9 Å². The van der Waals surface area contributed by atoms with Crippen LogP contribution >= 0.6 is 11.6 Å². The van der Waals surface area contributed by atoms with Crippen LogP contribution < -0.4 is 9.62 Å². The smallest absolute Gasteiger partial charge is 0.264 e. The van der Waals surface area contributed by atoms with Gasteiger partial charge in [0.05, 0.1) is 10.6 Å². The summed E-state index contributed by atoms with van der Waals surface area (Å²) in [5, 5.41) is 3.27. The molecular formula is C29H34ClN3O4S. The molecule has 3 rings (SSSR count). The van der Waals surface area contributed by atoms with Crippen LogP contribution in [0.5, 0.6) is 0 Å². The van der Waals surface area contributed by atoms with Gasteiger partial charge in [-0.1, -0.05) is 73.1 Å². The van der Waals surface area contributed by atoms with Crippen LogP contribution in [0.25, 0.3) is 0 Å². The molecule has 3 aromatic carbocycles. The molecule has 0 unspecified atom stereocenters. The second-order valence-electron chi connectivity index (χ2n) is 9.12. The lowest BCUT2D eigenvalue weighted by atomic mass is 10.1. The summed E-state index contributed by atoms with van der Waals surface area (Å²) in [5.41, 5.74) is 1.26. The average Bonchev–Trinajstić information content (AvgIpc) is 2.92. The van der Waals surface area contributed by atoms with E-state index in [1.165, 1.54) is 23.1 Å². The second-order valence-corrected chi connectivity index (χ2v) is 11.4. The van der Waals surface area contributed by atoms with Crippen molar-refractivity contribution in [1.29, 1.82) is 0 Å². The number of nitrogens with zero attached hydrogens (tertiary/aromatic N) is 2. The van der Waals surface area contributed by atoms with E-state index < -0.39 is 28.5 Å². The third-order valence-corrected chi connectivity index (χ3v) is 8.38. The summed E-state index contributed by atoms with van der Waals surface area (Å²) in [6, 6.07) is 23.0. The monoisotopic (exact) mass is 555 g/mol. The molecule has 7 nitrogen and oxygen atoms in total. The van der Waals surface area contributed by atoms with Gasteiger partial charge in [0, 0.05) is 17.6 Å². The number of sulfonamides is 1. The van der Waals surface area contributed by atoms with E-state index in [9.17, 15) is 18.0 Å². The molecule has 2 atom stereocenters. The van der Waals surface area contributed by atoms with Gasteiger partial charge in [0.25, 0.3) is 10.0 Å². The number of amides is 2. The number of rotatable bonds is 12. The molecule has 202 valence electrons. The van der Waals surface area contributed by atoms with Crippen molar-refractivity contribution in [3.63, 3.8) is 0 Å². The normalized spacial score (nSPS) is 12.8. The molecule has 0 saturated heterocycles. The molecule has 0 aliphatic heterocycles. The molecule has 0 aliphatic carbocycles. The molecule has 2 amide bonds. The third-order valence-electron chi connectivity index (χ3n) is 6.36. The van der Waals surface area contributed by atoms with Gasteiger partial charge in [-0.25, -0.2) is 8.42 Å². The zero-order chi connectivity index (χ0) is 27.7. The molecule has 1 N–H and O–H groups in total. The molecule has 0 spiro atoms. The Balaban J connectivity index is 1.96. The fourth-order valence-electron chi connectivity index (χ4n) is 3.92. The number of benzene rings is 3. The molecule has 0 heterocycles. The zero-order valence-electron chi connectivity index (χ0n) is 21.9. The number of hydrogen-bond donors (Lipinski definition) is 1. The van der Waals surface area contributed by atoms with Crippen LogP contribution in [0, 0.1) is 0 Å². The highest BCUT2D eigenvalue weighted by Crippen LogP contribution is 2.26. The highest BCUT2D eigenvalue weighted by molar-refractivity contribution is 7.92. The maximum atomic E-state index is 13.8. The first-order chi connectivity index (χ1) is 18.1. The standard InChI is InChI=1S/C29H34ClN3O4S/c1-4-22(2)31-29(35)23(3)32(19-18-24-12-7-5-8-13-24)28(34)21-33(26-15-11-14-25(30)20-26)38(36,37)27-16-9-6-10-17-27/h5-17,20,22-23H,4,18-19,21H2,1-3H3,(H,31,35)/t22-,23-/m1/s1. The van der Waals surface area contributed by atoms with E-state index in [1.54, 1.807) is 43.3 Å². The minimum atomic E-state index is -4.11. The van der Waals surface area contributed by atoms with Crippen molar-refractivity contribution in [2.24, 2.45) is 0 Å². The molecule has 0 bridgehead atoms. The molecule has 9 heteroatoms. The first-order valence-electron chi connectivity index (χ1n) is 12.6. The molecular weight excluding hydrogens is 522 g/mol. The molecule has 0 saturated carbocycles. The highest BCUT2D eigenvalue weighted by Gasteiger charge is 2.32. The van der Waals surface area contributed by atoms with Gasteiger partial charge in [0.15, 0.2) is 0 Å². The van der Waals surface area contributed by atoms with Gasteiger partial charge in [-0.15, -0.1) is 0 Å². The van der Waals surface area contributed by atoms with Gasteiger partial charge in [0.1, 0.15) is 12.6 Å². The molecule has 38 heavy (non-hydrogen) atoms. The van der Waals surface area contributed by atoms with E-state index in [0.29, 0.717) is 11.4 Å². The summed E-state index contributed by atoms with van der Waals surface area (Å²) in [6.07, 6.45) is 1.25. The number of carbonyl (C=O) groups is 2. The fourth-order valence-corrected chi connectivity index (χ4v) is 5.53. The summed E-state index contributed by atoms with van der Waals surface area (Å²) in [7, 11) is -4.11. The SMILES string of the molecule is CC[C@@H](C)NC(=O)[C@@H](C)N(CCc1ccccc1)C(=O)CN(c1cccc(Cl)c1)S(=O)(=O)c1ccccc1. The van der Waals surface area contributed by atoms with Crippen molar-refractivity contribution in [3.05, 3.63) is 95.5 Å². The predicted octanol–water partition coefficient (Wildman–Crippen LogP) is 4.91. The van der Waals surface area contributed by atoms with E-state index in [0.717, 1.165) is 16.3 Å². The maximum Gasteiger partial charge on any atom is 0.264 e. The van der Waals surface area contributed by atoms with Gasteiger partial charge in [-0.2, -0.15) is 0 Å². The van der Waals surface area contributed by atoms with Crippen LogP contribution in [0.2, 0.25) is 5.02 Å². The first kappa shape index (κ1) is 29.2. The van der Waals surface area contributed by atoms with Crippen molar-refractivity contribution in [2.75, 3.05) is 17.4 Å². The van der Waals surface area contributed by atoms with Gasteiger partial charge in [-0.05, 0) is 62.6 Å². The predicted molar refractivity (Wildman–Crippen MR) is 152 cm³/mol. The Kier molecular flexibility index (Phi) is 10.3. The van der Waals surface area contributed by atoms with Crippen LogP contribution in [-0.2, 0) is 26.0 Å². The van der Waals surface area contributed by atoms with Crippen molar-refractivity contribution in [2.45, 2.75) is 50.6 Å². The highest BCUT2D eigenvalue weighted by atomic mass is 35.5. The molecule has 0 fully saturated rings. The largest absolute Gasteiger partial charge is 0.352 e. The number of nitrogens with one attached hydrogen (secondary N) is 1. The number of hydrogen-bond acceptors (Lipinski definition) is 4. The molecule has 0 aromatic heterocycles. The second kappa shape index (κ2) is 13.4. The summed E-state index contributed by atoms with van der Waals surface area (Å²) < 4.78 is 28.5. The van der Waals surface area contributed by atoms with Crippen molar-refractivity contribution >= 4 is 39.1 Å². The van der Waals surface area contributed by atoms with Crippen LogP contribution in [0.15, 0.2) is 89.8 Å². The Morgan fingerprint density at radius 1 is 0.921 bits per heavy atom. The minimum absolute atomic E-state index is 0.0474. The van der Waals surface area contributed by atoms with Crippen LogP contribution in [-0.4, -0.2) is 50.3 Å². The topological polar surface area (TPSA) is 86.8 Å². The Morgan fingerprint density at radius 3 is 2.16 bits per heavy atom. The van der Waals surface area contributed by atoms with Crippen LogP contribution in [0.1, 0.15) is 32.8 Å². The number of carbonyl (C=O) groups excluding carboxylic acids is 2. The molecule has 0 aliphatic rings. The van der Waals surface area contributed by atoms with Crippen LogP contribution in [0.3, 0.4) is 0 Å². The Hall–Kier alpha value is -3.36. The third kappa shape index (κ3) is 7.58. The van der Waals surface area contributed by atoms with Gasteiger partial charge in [0.2, 0.25) is 11.8 Å². The van der Waals surface area contributed by atoms with Gasteiger partial charge < -0.3 is 10.2 Å². The summed E-state index contributed by atoms with van der Waals surface area (Å²) >= 11 is 6.19. The zero-order valence-corrected chi connectivity index (χ0v) is 23.5. The summed E-state index contributed by atoms with van der Waals surface area (Å²) in [6.45, 7) is 5.27. The van der Waals surface area contributed by atoms with Crippen molar-refractivity contribution in [3.8, 4) is 0 Å². The van der Waals surface area contributed by atoms with E-state index in [4.69, 9.17) is 11.6 Å². The lowest BCUT2D eigenvalue weighted by Gasteiger charge is -2.32. The molecule has 0 radical (unpaired) electrons. The van der Waals surface area contributed by atoms with E-state index in [1.807, 2.05) is 44.2 Å². The quantitative estimate of drug-likeness (QED) is 0.344. The lowest BCUT2D eigenvalue weighted by Crippen LogP contribution is -2.53. The van der Waals surface area contributed by atoms with Crippen molar-refractivity contribution < 1.29 is 18.0 Å². The summed E-state index contributed by atoms with van der Waals surface area (Å²) in [4.78, 5) is 28.3. The Morgan fingerprint density at radius 2 is 1.55 bits per heavy atom. The summed E-state index contributed by atoms with van der Waals surface area (Å²) in [5.74, 6) is -0.784.